The lowest BCUT2D eigenvalue weighted by atomic mass is 9.86. The van der Waals surface area contributed by atoms with Gasteiger partial charge in [0.2, 0.25) is 0 Å². The first kappa shape index (κ1) is 30.0. The van der Waals surface area contributed by atoms with Crippen LogP contribution in [0.4, 0.5) is 0 Å². The lowest BCUT2D eigenvalue weighted by molar-refractivity contribution is -0.142. The fourth-order valence-electron chi connectivity index (χ4n) is 4.93. The van der Waals surface area contributed by atoms with Crippen LogP contribution in [0.1, 0.15) is 98.1 Å². The Kier molecular flexibility index (Phi) is 10.4. The van der Waals surface area contributed by atoms with E-state index in [2.05, 4.69) is 4.74 Å². The predicted octanol–water partition coefficient (Wildman–Crippen LogP) is 6.02. The summed E-state index contributed by atoms with van der Waals surface area (Å²) >= 11 is 0. The predicted molar refractivity (Wildman–Crippen MR) is 147 cm³/mol. The number of ketones is 2. The van der Waals surface area contributed by atoms with Gasteiger partial charge < -0.3 is 24.1 Å². The van der Waals surface area contributed by atoms with Crippen LogP contribution in [0.3, 0.4) is 0 Å². The summed E-state index contributed by atoms with van der Waals surface area (Å²) in [6, 6.07) is 6.78. The molecule has 0 amide bonds. The Balaban J connectivity index is 1.66. The van der Waals surface area contributed by atoms with E-state index in [0.29, 0.717) is 59.8 Å². The van der Waals surface area contributed by atoms with Crippen LogP contribution in [0.15, 0.2) is 24.3 Å². The van der Waals surface area contributed by atoms with Crippen LogP contribution in [0.5, 0.6) is 23.0 Å². The molecule has 8 heteroatoms. The minimum Gasteiger partial charge on any atom is -0.507 e. The minimum atomic E-state index is -0.678. The molecule has 1 unspecified atom stereocenters. The Hall–Kier alpha value is -3.55. The first-order valence-electron chi connectivity index (χ1n) is 13.7. The smallest absolute Gasteiger partial charge is 0.343 e. The number of carbonyl (C=O) groups is 3. The molecule has 0 bridgehead atoms. The number of Topliss-reactive ketones (excluding diaryl/α,β-unsaturated/α-hetero) is 2. The highest BCUT2D eigenvalue weighted by molar-refractivity contribution is 6.01. The molecule has 1 aliphatic rings. The Labute approximate surface area is 230 Å². The Morgan fingerprint density at radius 1 is 1.00 bits per heavy atom. The zero-order valence-corrected chi connectivity index (χ0v) is 23.7. The molecule has 212 valence electrons. The number of hydrogen-bond donors (Lipinski definition) is 1. The van der Waals surface area contributed by atoms with Gasteiger partial charge in [-0.3, -0.25) is 9.59 Å². The van der Waals surface area contributed by atoms with E-state index in [1.54, 1.807) is 24.3 Å². The number of aromatic hydroxyl groups is 1. The molecule has 0 aliphatic carbocycles. The summed E-state index contributed by atoms with van der Waals surface area (Å²) in [7, 11) is 1.31. The second kappa shape index (κ2) is 13.5. The van der Waals surface area contributed by atoms with Crippen molar-refractivity contribution in [3.05, 3.63) is 46.5 Å². The molecule has 0 spiro atoms. The number of fused-ring (bicyclic) bond motifs is 1. The Morgan fingerprint density at radius 3 is 2.33 bits per heavy atom. The molecule has 1 heterocycles. The Bertz CT molecular complexity index is 1200. The van der Waals surface area contributed by atoms with Crippen LogP contribution in [0, 0.1) is 0 Å². The standard InChI is InChI=1S/C31H40O8/c1-6-10-23-26(14-12-21(20(3)32)29(23)35)37-17-9-8-16-31(4)18-25(33)22-13-15-27(38-19-28(34)36-5)24(11-7-2)30(22)39-31/h12-15,35H,6-11,16-19H2,1-5H3. The van der Waals surface area contributed by atoms with Crippen LogP contribution < -0.4 is 14.2 Å². The van der Waals surface area contributed by atoms with Crippen molar-refractivity contribution in [1.29, 1.82) is 0 Å². The fourth-order valence-corrected chi connectivity index (χ4v) is 4.93. The molecule has 0 radical (unpaired) electrons. The van der Waals surface area contributed by atoms with Crippen molar-refractivity contribution >= 4 is 17.5 Å². The third-order valence-corrected chi connectivity index (χ3v) is 6.95. The second-order valence-electron chi connectivity index (χ2n) is 10.2. The first-order valence-corrected chi connectivity index (χ1v) is 13.7. The number of phenols is 1. The molecule has 3 rings (SSSR count). The highest BCUT2D eigenvalue weighted by Gasteiger charge is 2.38. The number of phenolic OH excluding ortho intramolecular Hbond substituents is 1. The van der Waals surface area contributed by atoms with Crippen LogP contribution in [0.2, 0.25) is 0 Å². The van der Waals surface area contributed by atoms with E-state index in [0.717, 1.165) is 31.2 Å². The quantitative estimate of drug-likeness (QED) is 0.176. The zero-order valence-electron chi connectivity index (χ0n) is 23.7. The summed E-state index contributed by atoms with van der Waals surface area (Å²) in [6.45, 7) is 7.64. The summed E-state index contributed by atoms with van der Waals surface area (Å²) in [5.41, 5.74) is 1.62. The van der Waals surface area contributed by atoms with E-state index in [-0.39, 0.29) is 30.3 Å². The van der Waals surface area contributed by atoms with Gasteiger partial charge in [0.05, 0.1) is 31.3 Å². The number of benzene rings is 2. The highest BCUT2D eigenvalue weighted by atomic mass is 16.6. The largest absolute Gasteiger partial charge is 0.507 e. The third kappa shape index (κ3) is 7.31. The highest BCUT2D eigenvalue weighted by Crippen LogP contribution is 2.42. The van der Waals surface area contributed by atoms with Crippen molar-refractivity contribution in [3.63, 3.8) is 0 Å². The molecule has 0 aromatic heterocycles. The van der Waals surface area contributed by atoms with Gasteiger partial charge in [0.1, 0.15) is 28.6 Å². The fraction of sp³-hybridized carbons (Fsp3) is 0.516. The van der Waals surface area contributed by atoms with E-state index in [1.807, 2.05) is 20.8 Å². The van der Waals surface area contributed by atoms with Gasteiger partial charge in [-0.2, -0.15) is 0 Å². The van der Waals surface area contributed by atoms with E-state index in [1.165, 1.54) is 14.0 Å². The summed E-state index contributed by atoms with van der Waals surface area (Å²) < 4.78 is 22.9. The van der Waals surface area contributed by atoms with E-state index in [9.17, 15) is 19.5 Å². The molecule has 8 nitrogen and oxygen atoms in total. The van der Waals surface area contributed by atoms with Gasteiger partial charge in [-0.15, -0.1) is 0 Å². The maximum atomic E-state index is 13.1. The first-order chi connectivity index (χ1) is 18.6. The van der Waals surface area contributed by atoms with Crippen molar-refractivity contribution in [2.45, 2.75) is 84.7 Å². The van der Waals surface area contributed by atoms with Crippen LogP contribution in [-0.4, -0.2) is 48.6 Å². The minimum absolute atomic E-state index is 0.0000343. The van der Waals surface area contributed by atoms with Crippen molar-refractivity contribution in [3.8, 4) is 23.0 Å². The summed E-state index contributed by atoms with van der Waals surface area (Å²) in [6.07, 6.45) is 5.30. The lowest BCUT2D eigenvalue weighted by Crippen LogP contribution is -2.39. The maximum Gasteiger partial charge on any atom is 0.343 e. The summed E-state index contributed by atoms with van der Waals surface area (Å²) in [4.78, 5) is 36.5. The molecule has 39 heavy (non-hydrogen) atoms. The number of hydrogen-bond acceptors (Lipinski definition) is 8. The van der Waals surface area contributed by atoms with E-state index >= 15 is 0 Å². The van der Waals surface area contributed by atoms with E-state index < -0.39 is 11.6 Å². The van der Waals surface area contributed by atoms with Gasteiger partial charge in [0.15, 0.2) is 18.2 Å². The summed E-state index contributed by atoms with van der Waals surface area (Å²) in [5, 5.41) is 10.6. The normalized spacial score (nSPS) is 16.3. The number of esters is 1. The van der Waals surface area contributed by atoms with Crippen LogP contribution >= 0.6 is 0 Å². The number of ether oxygens (including phenoxy) is 4. The number of carbonyl (C=O) groups excluding carboxylic acids is 3. The third-order valence-electron chi connectivity index (χ3n) is 6.95. The van der Waals surface area contributed by atoms with Gasteiger partial charge in [-0.25, -0.2) is 4.79 Å². The molecular formula is C31H40O8. The van der Waals surface area contributed by atoms with Gasteiger partial charge in [-0.05, 0) is 70.2 Å². The van der Waals surface area contributed by atoms with Gasteiger partial charge in [-0.1, -0.05) is 26.7 Å². The zero-order chi connectivity index (χ0) is 28.6. The molecule has 1 atom stereocenters. The molecular weight excluding hydrogens is 500 g/mol. The SMILES string of the molecule is CCCc1c(OCCCCC2(C)CC(=O)c3ccc(OCC(=O)OC)c(CCC)c3O2)ccc(C(C)=O)c1O. The molecule has 1 aliphatic heterocycles. The number of rotatable bonds is 14. The summed E-state index contributed by atoms with van der Waals surface area (Å²) in [5.74, 6) is 1.01. The van der Waals surface area contributed by atoms with Gasteiger partial charge in [0.25, 0.3) is 0 Å². The lowest BCUT2D eigenvalue weighted by Gasteiger charge is -2.36. The molecule has 2 aromatic rings. The number of methoxy groups -OCH3 is 1. The molecule has 2 aromatic carbocycles. The number of unbranched alkanes of at least 4 members (excludes halogenated alkanes) is 1. The topological polar surface area (TPSA) is 108 Å². The average Bonchev–Trinajstić information content (AvgIpc) is 2.89. The van der Waals surface area contributed by atoms with Crippen molar-refractivity contribution in [2.24, 2.45) is 0 Å². The van der Waals surface area contributed by atoms with Gasteiger partial charge >= 0.3 is 5.97 Å². The van der Waals surface area contributed by atoms with E-state index in [4.69, 9.17) is 14.2 Å². The van der Waals surface area contributed by atoms with Gasteiger partial charge in [0, 0.05) is 11.1 Å². The second-order valence-corrected chi connectivity index (χ2v) is 10.2. The average molecular weight is 541 g/mol. The van der Waals surface area contributed by atoms with Crippen molar-refractivity contribution in [1.82, 2.24) is 0 Å². The van der Waals surface area contributed by atoms with Crippen LogP contribution in [-0.2, 0) is 22.4 Å². The molecule has 0 saturated carbocycles. The Morgan fingerprint density at radius 2 is 1.67 bits per heavy atom. The van der Waals surface area contributed by atoms with Crippen molar-refractivity contribution in [2.75, 3.05) is 20.3 Å². The molecule has 0 fully saturated rings. The molecule has 1 N–H and O–H groups in total. The monoisotopic (exact) mass is 540 g/mol. The van der Waals surface area contributed by atoms with Crippen molar-refractivity contribution < 1.29 is 38.4 Å². The maximum absolute atomic E-state index is 13.1. The molecule has 0 saturated heterocycles. The van der Waals surface area contributed by atoms with Crippen LogP contribution in [0.25, 0.3) is 0 Å².